The zero-order valence-electron chi connectivity index (χ0n) is 8.36. The average Bonchev–Trinajstić information content (AvgIpc) is 2.63. The van der Waals surface area contributed by atoms with Gasteiger partial charge in [0.1, 0.15) is 16.4 Å². The molecule has 90 valence electrons. The van der Waals surface area contributed by atoms with Crippen molar-refractivity contribution in [2.45, 2.75) is 6.36 Å². The molecule has 1 aromatic heterocycles. The molecule has 0 saturated carbocycles. The Balaban J connectivity index is 2.22. The molecule has 0 aliphatic carbocycles. The highest BCUT2D eigenvalue weighted by molar-refractivity contribution is 7.14. The maximum Gasteiger partial charge on any atom is 0.573 e. The summed E-state index contributed by atoms with van der Waals surface area (Å²) in [5.41, 5.74) is 8.45. The Morgan fingerprint density at radius 3 is 2.29 bits per heavy atom. The molecule has 0 aliphatic heterocycles. The zero-order valence-corrected chi connectivity index (χ0v) is 9.18. The van der Waals surface area contributed by atoms with Crippen molar-refractivity contribution in [3.05, 3.63) is 29.8 Å². The molecule has 3 nitrogen and oxygen atoms in total. The van der Waals surface area contributed by atoms with Crippen LogP contribution in [-0.4, -0.2) is 11.3 Å². The number of nitrogens with zero attached hydrogens (tertiary/aromatic N) is 1. The lowest BCUT2D eigenvalue weighted by Gasteiger charge is -2.08. The summed E-state index contributed by atoms with van der Waals surface area (Å²) in [6, 6.07) is 5.40. The van der Waals surface area contributed by atoms with Gasteiger partial charge in [0.05, 0.1) is 5.51 Å². The summed E-state index contributed by atoms with van der Waals surface area (Å²) >= 11 is 1.27. The van der Waals surface area contributed by atoms with Gasteiger partial charge in [-0.05, 0) is 24.3 Å². The number of hydrogen-bond donors (Lipinski definition) is 1. The first kappa shape index (κ1) is 11.7. The van der Waals surface area contributed by atoms with Crippen LogP contribution in [0.1, 0.15) is 0 Å². The number of aromatic nitrogens is 1. The molecule has 0 atom stereocenters. The van der Waals surface area contributed by atoms with Gasteiger partial charge in [-0.25, -0.2) is 4.98 Å². The number of hydrogen-bond acceptors (Lipinski definition) is 4. The van der Waals surface area contributed by atoms with Crippen LogP contribution in [0.25, 0.3) is 11.3 Å². The highest BCUT2D eigenvalue weighted by Crippen LogP contribution is 2.30. The lowest BCUT2D eigenvalue weighted by atomic mass is 10.1. The lowest BCUT2D eigenvalue weighted by molar-refractivity contribution is -0.274. The van der Waals surface area contributed by atoms with E-state index in [1.54, 1.807) is 5.51 Å². The van der Waals surface area contributed by atoms with Crippen molar-refractivity contribution in [3.63, 3.8) is 0 Å². The maximum atomic E-state index is 11.9. The molecule has 0 bridgehead atoms. The van der Waals surface area contributed by atoms with Crippen LogP contribution >= 0.6 is 11.3 Å². The monoisotopic (exact) mass is 260 g/mol. The summed E-state index contributed by atoms with van der Waals surface area (Å²) in [6.07, 6.45) is -4.68. The lowest BCUT2D eigenvalue weighted by Crippen LogP contribution is -2.16. The fraction of sp³-hybridized carbons (Fsp3) is 0.100. The van der Waals surface area contributed by atoms with E-state index in [0.717, 1.165) is 0 Å². The third-order valence-corrected chi connectivity index (χ3v) is 2.61. The van der Waals surface area contributed by atoms with E-state index in [-0.39, 0.29) is 5.75 Å². The fourth-order valence-electron chi connectivity index (χ4n) is 1.29. The highest BCUT2D eigenvalue weighted by atomic mass is 32.1. The van der Waals surface area contributed by atoms with Gasteiger partial charge in [-0.2, -0.15) is 0 Å². The molecule has 1 heterocycles. The van der Waals surface area contributed by atoms with Crippen LogP contribution in [0.3, 0.4) is 0 Å². The molecule has 0 aliphatic rings. The van der Waals surface area contributed by atoms with Crippen molar-refractivity contribution in [3.8, 4) is 17.0 Å². The minimum absolute atomic E-state index is 0.268. The second-order valence-corrected chi connectivity index (χ2v) is 4.02. The second-order valence-electron chi connectivity index (χ2n) is 3.14. The number of thiazole rings is 1. The van der Waals surface area contributed by atoms with Crippen LogP contribution in [0.2, 0.25) is 0 Å². The number of anilines is 1. The van der Waals surface area contributed by atoms with Gasteiger partial charge in [-0.1, -0.05) is 0 Å². The quantitative estimate of drug-likeness (QED) is 0.901. The molecule has 0 radical (unpaired) electrons. The summed E-state index contributed by atoms with van der Waals surface area (Å²) in [6.45, 7) is 0. The smallest absolute Gasteiger partial charge is 0.406 e. The van der Waals surface area contributed by atoms with Crippen molar-refractivity contribution in [2.24, 2.45) is 0 Å². The SMILES string of the molecule is Nc1scnc1-c1ccc(OC(F)(F)F)cc1. The summed E-state index contributed by atoms with van der Waals surface area (Å²) in [7, 11) is 0. The molecular weight excluding hydrogens is 253 g/mol. The summed E-state index contributed by atoms with van der Waals surface area (Å²) in [5, 5.41) is 0.523. The second kappa shape index (κ2) is 4.25. The summed E-state index contributed by atoms with van der Waals surface area (Å²) < 4.78 is 39.5. The Kier molecular flexibility index (Phi) is 2.93. The predicted octanol–water partition coefficient (Wildman–Crippen LogP) is 3.29. The van der Waals surface area contributed by atoms with E-state index < -0.39 is 6.36 Å². The molecule has 2 N–H and O–H groups in total. The largest absolute Gasteiger partial charge is 0.573 e. The molecule has 2 aromatic rings. The van der Waals surface area contributed by atoms with Crippen LogP contribution < -0.4 is 10.5 Å². The Bertz CT molecular complexity index is 507. The number of halogens is 3. The first-order valence-corrected chi connectivity index (χ1v) is 5.39. The van der Waals surface area contributed by atoms with Crippen molar-refractivity contribution >= 4 is 16.3 Å². The topological polar surface area (TPSA) is 48.1 Å². The molecule has 0 unspecified atom stereocenters. The number of nitrogens with two attached hydrogens (primary N) is 1. The minimum atomic E-state index is -4.68. The Morgan fingerprint density at radius 2 is 1.82 bits per heavy atom. The maximum absolute atomic E-state index is 11.9. The van der Waals surface area contributed by atoms with E-state index in [2.05, 4.69) is 9.72 Å². The van der Waals surface area contributed by atoms with Crippen molar-refractivity contribution in [1.29, 1.82) is 0 Å². The van der Waals surface area contributed by atoms with Gasteiger partial charge in [-0.3, -0.25) is 0 Å². The van der Waals surface area contributed by atoms with Crippen LogP contribution in [0, 0.1) is 0 Å². The molecule has 0 spiro atoms. The third kappa shape index (κ3) is 2.88. The van der Waals surface area contributed by atoms with Crippen LogP contribution in [0.5, 0.6) is 5.75 Å². The minimum Gasteiger partial charge on any atom is -0.406 e. The number of ether oxygens (including phenoxy) is 1. The van der Waals surface area contributed by atoms with Crippen molar-refractivity contribution in [2.75, 3.05) is 5.73 Å². The molecule has 7 heteroatoms. The van der Waals surface area contributed by atoms with E-state index >= 15 is 0 Å². The number of rotatable bonds is 2. The van der Waals surface area contributed by atoms with E-state index in [4.69, 9.17) is 5.73 Å². The Morgan fingerprint density at radius 1 is 1.18 bits per heavy atom. The van der Waals surface area contributed by atoms with Gasteiger partial charge < -0.3 is 10.5 Å². The van der Waals surface area contributed by atoms with E-state index in [1.807, 2.05) is 0 Å². The van der Waals surface area contributed by atoms with Gasteiger partial charge in [0.2, 0.25) is 0 Å². The van der Waals surface area contributed by atoms with E-state index in [0.29, 0.717) is 16.3 Å². The van der Waals surface area contributed by atoms with Gasteiger partial charge in [0, 0.05) is 5.56 Å². The van der Waals surface area contributed by atoms with Crippen LogP contribution in [-0.2, 0) is 0 Å². The first-order chi connectivity index (χ1) is 7.96. The fourth-order valence-corrected chi connectivity index (χ4v) is 1.84. The molecule has 0 fully saturated rings. The first-order valence-electron chi connectivity index (χ1n) is 4.51. The molecule has 2 rings (SSSR count). The van der Waals surface area contributed by atoms with E-state index in [9.17, 15) is 13.2 Å². The molecule has 0 amide bonds. The molecule has 17 heavy (non-hydrogen) atoms. The van der Waals surface area contributed by atoms with Crippen LogP contribution in [0.15, 0.2) is 29.8 Å². The molecular formula is C10H7F3N2OS. The van der Waals surface area contributed by atoms with Gasteiger partial charge >= 0.3 is 6.36 Å². The zero-order chi connectivity index (χ0) is 12.5. The number of nitrogen functional groups attached to an aromatic ring is 1. The summed E-state index contributed by atoms with van der Waals surface area (Å²) in [4.78, 5) is 4.02. The van der Waals surface area contributed by atoms with Gasteiger partial charge in [0.25, 0.3) is 0 Å². The average molecular weight is 260 g/mol. The predicted molar refractivity (Wildman–Crippen MR) is 58.6 cm³/mol. The normalized spacial score (nSPS) is 11.5. The van der Waals surface area contributed by atoms with Crippen LogP contribution in [0.4, 0.5) is 18.2 Å². The Labute approximate surface area is 98.7 Å². The molecule has 0 saturated heterocycles. The van der Waals surface area contributed by atoms with Gasteiger partial charge in [-0.15, -0.1) is 24.5 Å². The molecule has 1 aromatic carbocycles. The van der Waals surface area contributed by atoms with Crippen molar-refractivity contribution in [1.82, 2.24) is 4.98 Å². The van der Waals surface area contributed by atoms with Crippen molar-refractivity contribution < 1.29 is 17.9 Å². The van der Waals surface area contributed by atoms with E-state index in [1.165, 1.54) is 35.6 Å². The number of benzene rings is 1. The third-order valence-electron chi connectivity index (χ3n) is 1.96. The highest BCUT2D eigenvalue weighted by Gasteiger charge is 2.30. The Hall–Kier alpha value is -1.76. The van der Waals surface area contributed by atoms with Gasteiger partial charge in [0.15, 0.2) is 0 Å². The number of alkyl halides is 3. The standard InChI is InChI=1S/C10H7F3N2OS/c11-10(12,13)16-7-3-1-6(2-4-7)8-9(14)17-5-15-8/h1-5H,14H2. The summed E-state index contributed by atoms with van der Waals surface area (Å²) in [5.74, 6) is -0.268.